The Morgan fingerprint density at radius 1 is 1.42 bits per heavy atom. The van der Waals surface area contributed by atoms with Crippen molar-refractivity contribution < 1.29 is 9.84 Å². The molecule has 0 spiro atoms. The molecule has 19 heavy (non-hydrogen) atoms. The second kappa shape index (κ2) is 8.16. The van der Waals surface area contributed by atoms with E-state index in [0.29, 0.717) is 17.9 Å². The Morgan fingerprint density at radius 3 is 2.63 bits per heavy atom. The first-order valence-corrected chi connectivity index (χ1v) is 6.20. The summed E-state index contributed by atoms with van der Waals surface area (Å²) in [6, 6.07) is 8.76. The van der Waals surface area contributed by atoms with Gasteiger partial charge in [-0.2, -0.15) is 5.26 Å². The molecule has 2 N–H and O–H groups in total. The molecule has 0 aromatic heterocycles. The minimum atomic E-state index is -0.627. The number of aliphatic hydroxyl groups is 1. The molecule has 2 atom stereocenters. The zero-order valence-electron chi connectivity index (χ0n) is 11.0. The van der Waals surface area contributed by atoms with Gasteiger partial charge in [-0.05, 0) is 30.7 Å². The Hall–Kier alpha value is -2.01. The fourth-order valence-electron chi connectivity index (χ4n) is 1.48. The lowest BCUT2D eigenvalue weighted by molar-refractivity contribution is 0.105. The minimum Gasteiger partial charge on any atom is -0.491 e. The van der Waals surface area contributed by atoms with Crippen LogP contribution in [0.4, 0.5) is 0 Å². The van der Waals surface area contributed by atoms with E-state index in [1.165, 1.54) is 0 Å². The lowest BCUT2D eigenvalue weighted by Crippen LogP contribution is -2.37. The Labute approximate surface area is 114 Å². The minimum absolute atomic E-state index is 0.0236. The Morgan fingerprint density at radius 2 is 2.11 bits per heavy atom. The zero-order valence-corrected chi connectivity index (χ0v) is 11.0. The molecule has 0 heterocycles. The number of benzene rings is 1. The summed E-state index contributed by atoms with van der Waals surface area (Å²) in [6.45, 7) is 2.55. The van der Waals surface area contributed by atoms with Crippen molar-refractivity contribution in [3.8, 4) is 24.2 Å². The van der Waals surface area contributed by atoms with E-state index in [1.54, 1.807) is 24.3 Å². The van der Waals surface area contributed by atoms with Gasteiger partial charge in [-0.15, -0.1) is 6.42 Å². The molecule has 1 aromatic carbocycles. The molecule has 0 aliphatic carbocycles. The van der Waals surface area contributed by atoms with Gasteiger partial charge in [0.2, 0.25) is 0 Å². The summed E-state index contributed by atoms with van der Waals surface area (Å²) in [5.41, 5.74) is 0.578. The van der Waals surface area contributed by atoms with Crippen LogP contribution in [0.5, 0.6) is 5.75 Å². The first kappa shape index (κ1) is 15.0. The van der Waals surface area contributed by atoms with Gasteiger partial charge in [-0.1, -0.05) is 12.8 Å². The highest BCUT2D eigenvalue weighted by molar-refractivity contribution is 5.34. The molecule has 0 saturated carbocycles. The highest BCUT2D eigenvalue weighted by Crippen LogP contribution is 2.11. The monoisotopic (exact) mass is 258 g/mol. The molecule has 1 aromatic rings. The van der Waals surface area contributed by atoms with Crippen LogP contribution in [-0.4, -0.2) is 30.4 Å². The number of hydrogen-bond donors (Lipinski definition) is 2. The van der Waals surface area contributed by atoms with Gasteiger partial charge in [0.05, 0.1) is 17.7 Å². The van der Waals surface area contributed by atoms with Crippen LogP contribution in [0, 0.1) is 23.7 Å². The second-order valence-corrected chi connectivity index (χ2v) is 4.14. The van der Waals surface area contributed by atoms with Gasteiger partial charge >= 0.3 is 0 Å². The predicted molar refractivity (Wildman–Crippen MR) is 73.6 cm³/mol. The summed E-state index contributed by atoms with van der Waals surface area (Å²) in [4.78, 5) is 0. The molecule has 1 rings (SSSR count). The van der Waals surface area contributed by atoms with Crippen molar-refractivity contribution in [1.82, 2.24) is 5.32 Å². The third kappa shape index (κ3) is 5.44. The maximum Gasteiger partial charge on any atom is 0.119 e. The lowest BCUT2D eigenvalue weighted by atomic mass is 10.2. The van der Waals surface area contributed by atoms with Crippen molar-refractivity contribution in [3.05, 3.63) is 29.8 Å². The molecule has 0 amide bonds. The summed E-state index contributed by atoms with van der Waals surface area (Å²) < 4.78 is 5.42. The molecule has 100 valence electrons. The van der Waals surface area contributed by atoms with E-state index in [-0.39, 0.29) is 12.6 Å². The van der Waals surface area contributed by atoms with Gasteiger partial charge < -0.3 is 15.2 Å². The molecule has 0 fully saturated rings. The maximum absolute atomic E-state index is 9.74. The number of rotatable bonds is 7. The predicted octanol–water partition coefficient (Wildman–Crippen LogP) is 1.30. The molecule has 4 heteroatoms. The van der Waals surface area contributed by atoms with Crippen molar-refractivity contribution >= 4 is 0 Å². The van der Waals surface area contributed by atoms with Gasteiger partial charge in [0.15, 0.2) is 0 Å². The van der Waals surface area contributed by atoms with Gasteiger partial charge in [0.1, 0.15) is 18.5 Å². The molecular formula is C15H18N2O2. The number of nitriles is 1. The van der Waals surface area contributed by atoms with Crippen molar-refractivity contribution in [3.63, 3.8) is 0 Å². The van der Waals surface area contributed by atoms with Crippen LogP contribution in [0.3, 0.4) is 0 Å². The highest BCUT2D eigenvalue weighted by Gasteiger charge is 2.08. The summed E-state index contributed by atoms with van der Waals surface area (Å²) in [7, 11) is 0. The normalized spacial score (nSPS) is 13.1. The van der Waals surface area contributed by atoms with Crippen molar-refractivity contribution in [2.75, 3.05) is 13.2 Å². The van der Waals surface area contributed by atoms with E-state index in [9.17, 15) is 5.11 Å². The van der Waals surface area contributed by atoms with E-state index in [2.05, 4.69) is 11.2 Å². The third-order valence-electron chi connectivity index (χ3n) is 2.64. The maximum atomic E-state index is 9.74. The highest BCUT2D eigenvalue weighted by atomic mass is 16.5. The molecule has 2 unspecified atom stereocenters. The Kier molecular flexibility index (Phi) is 6.46. The van der Waals surface area contributed by atoms with Crippen LogP contribution >= 0.6 is 0 Å². The number of nitrogens with one attached hydrogen (secondary N) is 1. The average molecular weight is 258 g/mol. The van der Waals surface area contributed by atoms with Gasteiger partial charge in [0.25, 0.3) is 0 Å². The van der Waals surface area contributed by atoms with Crippen LogP contribution in [0.15, 0.2) is 24.3 Å². The third-order valence-corrected chi connectivity index (χ3v) is 2.64. The number of aliphatic hydroxyl groups excluding tert-OH is 1. The van der Waals surface area contributed by atoms with E-state index in [4.69, 9.17) is 16.4 Å². The van der Waals surface area contributed by atoms with Gasteiger partial charge in [-0.3, -0.25) is 0 Å². The summed E-state index contributed by atoms with van der Waals surface area (Å²) >= 11 is 0. The van der Waals surface area contributed by atoms with Crippen LogP contribution in [-0.2, 0) is 0 Å². The van der Waals surface area contributed by atoms with Crippen molar-refractivity contribution in [2.45, 2.75) is 25.5 Å². The fourth-order valence-corrected chi connectivity index (χ4v) is 1.48. The second-order valence-electron chi connectivity index (χ2n) is 4.14. The van der Waals surface area contributed by atoms with Crippen LogP contribution in [0.25, 0.3) is 0 Å². The van der Waals surface area contributed by atoms with Crippen LogP contribution in [0.2, 0.25) is 0 Å². The van der Waals surface area contributed by atoms with E-state index in [0.717, 1.165) is 6.42 Å². The van der Waals surface area contributed by atoms with Crippen LogP contribution in [0.1, 0.15) is 18.9 Å². The largest absolute Gasteiger partial charge is 0.491 e. The molecule has 0 aliphatic heterocycles. The Bertz CT molecular complexity index is 457. The molecule has 0 radical (unpaired) electrons. The zero-order chi connectivity index (χ0) is 14.1. The van der Waals surface area contributed by atoms with Crippen LogP contribution < -0.4 is 10.1 Å². The van der Waals surface area contributed by atoms with Gasteiger partial charge in [-0.25, -0.2) is 0 Å². The number of nitrogens with zero attached hydrogens (tertiary/aromatic N) is 1. The van der Waals surface area contributed by atoms with E-state index < -0.39 is 6.10 Å². The first-order chi connectivity index (χ1) is 9.19. The van der Waals surface area contributed by atoms with E-state index >= 15 is 0 Å². The summed E-state index contributed by atoms with van der Waals surface area (Å²) in [6.07, 6.45) is 5.50. The van der Waals surface area contributed by atoms with E-state index in [1.807, 2.05) is 13.0 Å². The van der Waals surface area contributed by atoms with Crippen molar-refractivity contribution in [2.24, 2.45) is 0 Å². The molecular weight excluding hydrogens is 240 g/mol. The number of terminal acetylenes is 1. The standard InChI is InChI=1S/C15H18N2O2/c1-3-13(4-2)17-10-14(18)11-19-15-7-5-12(9-16)6-8-15/h1,5-8,13-14,17-18H,4,10-11H2,2H3. The summed E-state index contributed by atoms with van der Waals surface area (Å²) in [5.74, 6) is 3.23. The molecule has 0 aliphatic rings. The molecule has 0 saturated heterocycles. The number of ether oxygens (including phenoxy) is 1. The smallest absolute Gasteiger partial charge is 0.119 e. The average Bonchev–Trinajstić information content (AvgIpc) is 2.46. The topological polar surface area (TPSA) is 65.3 Å². The lowest BCUT2D eigenvalue weighted by Gasteiger charge is -2.16. The quantitative estimate of drug-likeness (QED) is 0.723. The fraction of sp³-hybridized carbons (Fsp3) is 0.400. The van der Waals surface area contributed by atoms with Gasteiger partial charge in [0, 0.05) is 6.54 Å². The SMILES string of the molecule is C#CC(CC)NCC(O)COc1ccc(C#N)cc1. The summed E-state index contributed by atoms with van der Waals surface area (Å²) in [5, 5.41) is 21.5. The molecule has 4 nitrogen and oxygen atoms in total. The Balaban J connectivity index is 2.31. The molecule has 0 bridgehead atoms. The number of hydrogen-bond acceptors (Lipinski definition) is 4. The first-order valence-electron chi connectivity index (χ1n) is 6.20. The van der Waals surface area contributed by atoms with Crippen molar-refractivity contribution in [1.29, 1.82) is 5.26 Å².